The van der Waals surface area contributed by atoms with Gasteiger partial charge in [-0.1, -0.05) is 35.9 Å². The molecular weight excluding hydrogens is 341 g/mol. The molecule has 3 N–H and O–H groups in total. The van der Waals surface area contributed by atoms with E-state index in [1.54, 1.807) is 13.1 Å². The first-order valence-electron chi connectivity index (χ1n) is 8.10. The fourth-order valence-electron chi connectivity index (χ4n) is 3.56. The van der Waals surface area contributed by atoms with Crippen molar-refractivity contribution < 1.29 is 9.18 Å². The van der Waals surface area contributed by atoms with Crippen LogP contribution in [0.1, 0.15) is 22.9 Å². The number of para-hydroxylation sites is 1. The van der Waals surface area contributed by atoms with E-state index in [4.69, 9.17) is 11.6 Å². The van der Waals surface area contributed by atoms with Gasteiger partial charge in [0.25, 0.3) is 0 Å². The van der Waals surface area contributed by atoms with Crippen molar-refractivity contribution in [3.63, 3.8) is 0 Å². The Bertz CT molecular complexity index is 968. The summed E-state index contributed by atoms with van der Waals surface area (Å²) in [4.78, 5) is 15.7. The number of hydrogen-bond donors (Lipinski definition) is 3. The Hall–Kier alpha value is -2.37. The molecule has 0 spiro atoms. The molecule has 0 bridgehead atoms. The average molecular weight is 358 g/mol. The maximum absolute atomic E-state index is 13.5. The van der Waals surface area contributed by atoms with Gasteiger partial charge in [0.2, 0.25) is 5.91 Å². The summed E-state index contributed by atoms with van der Waals surface area (Å²) in [6.07, 6.45) is 0.578. The predicted octanol–water partition coefficient (Wildman–Crippen LogP) is 3.31. The molecule has 6 heteroatoms. The van der Waals surface area contributed by atoms with Gasteiger partial charge in [0.15, 0.2) is 0 Å². The Morgan fingerprint density at radius 3 is 2.84 bits per heavy atom. The number of carbonyl (C=O) groups is 1. The van der Waals surface area contributed by atoms with Gasteiger partial charge in [-0.2, -0.15) is 0 Å². The quantitative estimate of drug-likeness (QED) is 0.659. The second kappa shape index (κ2) is 6.17. The Labute approximate surface area is 149 Å². The Morgan fingerprint density at radius 2 is 2.08 bits per heavy atom. The first-order valence-corrected chi connectivity index (χ1v) is 8.48. The van der Waals surface area contributed by atoms with Crippen LogP contribution in [0.15, 0.2) is 42.5 Å². The van der Waals surface area contributed by atoms with Crippen molar-refractivity contribution in [1.82, 2.24) is 15.6 Å². The summed E-state index contributed by atoms with van der Waals surface area (Å²) in [5.41, 5.74) is 3.81. The molecule has 1 aromatic heterocycles. The minimum atomic E-state index is -0.386. The molecule has 128 valence electrons. The molecule has 2 aromatic carbocycles. The van der Waals surface area contributed by atoms with Crippen LogP contribution in [0, 0.1) is 5.82 Å². The number of nitrogens with one attached hydrogen (secondary N) is 3. The molecule has 4 nitrogen and oxygen atoms in total. The minimum Gasteiger partial charge on any atom is -0.358 e. The van der Waals surface area contributed by atoms with E-state index in [1.807, 2.05) is 24.3 Å². The maximum Gasteiger partial charge on any atom is 0.237 e. The highest BCUT2D eigenvalue weighted by Gasteiger charge is 2.34. The molecule has 0 fully saturated rings. The zero-order chi connectivity index (χ0) is 17.6. The van der Waals surface area contributed by atoms with E-state index in [0.29, 0.717) is 11.4 Å². The van der Waals surface area contributed by atoms with E-state index >= 15 is 0 Å². The van der Waals surface area contributed by atoms with Crippen LogP contribution in [0.3, 0.4) is 0 Å². The lowest BCUT2D eigenvalue weighted by Crippen LogP contribution is -2.49. The number of fused-ring (bicyclic) bond motifs is 3. The number of rotatable bonds is 2. The van der Waals surface area contributed by atoms with E-state index in [9.17, 15) is 9.18 Å². The number of likely N-dealkylation sites (N-methyl/N-ethyl adjacent to an activating group) is 1. The number of aromatic amines is 1. The second-order valence-corrected chi connectivity index (χ2v) is 6.61. The van der Waals surface area contributed by atoms with Gasteiger partial charge in [0.1, 0.15) is 5.82 Å². The molecular formula is C19H17ClFN3O. The molecule has 4 rings (SSSR count). The molecule has 25 heavy (non-hydrogen) atoms. The summed E-state index contributed by atoms with van der Waals surface area (Å²) in [6, 6.07) is 11.6. The van der Waals surface area contributed by atoms with E-state index < -0.39 is 0 Å². The molecule has 0 radical (unpaired) electrons. The molecule has 2 atom stereocenters. The highest BCUT2D eigenvalue weighted by atomic mass is 35.5. The number of halogens is 2. The van der Waals surface area contributed by atoms with Crippen LogP contribution in [-0.2, 0) is 11.2 Å². The van der Waals surface area contributed by atoms with Crippen LogP contribution in [0.2, 0.25) is 5.02 Å². The number of benzene rings is 2. The summed E-state index contributed by atoms with van der Waals surface area (Å²) in [7, 11) is 1.62. The van der Waals surface area contributed by atoms with Gasteiger partial charge >= 0.3 is 0 Å². The Kier molecular flexibility index (Phi) is 3.98. The smallest absolute Gasteiger partial charge is 0.237 e. The number of aromatic nitrogens is 1. The lowest BCUT2D eigenvalue weighted by Gasteiger charge is -2.31. The van der Waals surface area contributed by atoms with Crippen LogP contribution < -0.4 is 10.6 Å². The van der Waals surface area contributed by atoms with Gasteiger partial charge in [-0.25, -0.2) is 4.39 Å². The molecule has 1 aliphatic rings. The SMILES string of the molecule is CNC(=O)[C@@H]1Cc2c([nH]c3ccccc23)[C@@H](c2ccc(F)cc2Cl)N1. The minimum absolute atomic E-state index is 0.0841. The molecule has 2 heterocycles. The van der Waals surface area contributed by atoms with Gasteiger partial charge < -0.3 is 10.3 Å². The summed E-state index contributed by atoms with van der Waals surface area (Å²) >= 11 is 6.29. The fourth-order valence-corrected chi connectivity index (χ4v) is 3.83. The van der Waals surface area contributed by atoms with Crippen molar-refractivity contribution in [2.45, 2.75) is 18.5 Å². The third-order valence-corrected chi connectivity index (χ3v) is 5.08. The number of amides is 1. The third kappa shape index (κ3) is 2.69. The molecule has 0 saturated carbocycles. The van der Waals surface area contributed by atoms with Gasteiger partial charge in [-0.3, -0.25) is 10.1 Å². The van der Waals surface area contributed by atoms with Crippen LogP contribution >= 0.6 is 11.6 Å². The monoisotopic (exact) mass is 357 g/mol. The average Bonchev–Trinajstić information content (AvgIpc) is 2.99. The topological polar surface area (TPSA) is 56.9 Å². The molecule has 0 saturated heterocycles. The highest BCUT2D eigenvalue weighted by Crippen LogP contribution is 2.37. The largest absolute Gasteiger partial charge is 0.358 e. The second-order valence-electron chi connectivity index (χ2n) is 6.20. The molecule has 1 aliphatic heterocycles. The number of hydrogen-bond acceptors (Lipinski definition) is 2. The van der Waals surface area contributed by atoms with Crippen molar-refractivity contribution >= 4 is 28.4 Å². The zero-order valence-corrected chi connectivity index (χ0v) is 14.3. The zero-order valence-electron chi connectivity index (χ0n) is 13.6. The van der Waals surface area contributed by atoms with Crippen LogP contribution in [0.4, 0.5) is 4.39 Å². The summed E-state index contributed by atoms with van der Waals surface area (Å²) in [6.45, 7) is 0. The van der Waals surface area contributed by atoms with E-state index in [-0.39, 0.29) is 23.8 Å². The molecule has 0 aliphatic carbocycles. The number of carbonyl (C=O) groups excluding carboxylic acids is 1. The Morgan fingerprint density at radius 1 is 1.28 bits per heavy atom. The van der Waals surface area contributed by atoms with Crippen molar-refractivity contribution in [3.8, 4) is 0 Å². The van der Waals surface area contributed by atoms with Crippen LogP contribution in [0.25, 0.3) is 10.9 Å². The third-order valence-electron chi connectivity index (χ3n) is 4.75. The molecule has 3 aromatic rings. The van der Waals surface area contributed by atoms with E-state index in [1.165, 1.54) is 12.1 Å². The van der Waals surface area contributed by atoms with E-state index in [0.717, 1.165) is 27.7 Å². The normalized spacial score (nSPS) is 19.6. The van der Waals surface area contributed by atoms with Crippen molar-refractivity contribution in [2.75, 3.05) is 7.05 Å². The van der Waals surface area contributed by atoms with Crippen molar-refractivity contribution in [3.05, 3.63) is 70.1 Å². The number of H-pyrrole nitrogens is 1. The summed E-state index contributed by atoms with van der Waals surface area (Å²) in [5, 5.41) is 7.47. The Balaban J connectivity index is 1.90. The van der Waals surface area contributed by atoms with Crippen LogP contribution in [0.5, 0.6) is 0 Å². The highest BCUT2D eigenvalue weighted by molar-refractivity contribution is 6.31. The van der Waals surface area contributed by atoms with Gasteiger partial charge in [-0.05, 0) is 35.7 Å². The summed E-state index contributed by atoms with van der Waals surface area (Å²) in [5.74, 6) is -0.469. The van der Waals surface area contributed by atoms with Gasteiger partial charge in [-0.15, -0.1) is 0 Å². The lowest BCUT2D eigenvalue weighted by molar-refractivity contribution is -0.122. The fraction of sp³-hybridized carbons (Fsp3) is 0.211. The first kappa shape index (κ1) is 16.1. The maximum atomic E-state index is 13.5. The first-order chi connectivity index (χ1) is 12.1. The van der Waals surface area contributed by atoms with E-state index in [2.05, 4.69) is 15.6 Å². The predicted molar refractivity (Wildman–Crippen MR) is 96.2 cm³/mol. The van der Waals surface area contributed by atoms with Gasteiger partial charge in [0, 0.05) is 28.7 Å². The standard InChI is InChI=1S/C19H17ClFN3O/c1-22-19(25)16-9-13-11-4-2-3-5-15(11)23-18(13)17(24-16)12-7-6-10(21)8-14(12)20/h2-8,16-17,23-24H,9H2,1H3,(H,22,25)/t16-,17+/m0/s1. The van der Waals surface area contributed by atoms with Crippen molar-refractivity contribution in [1.29, 1.82) is 0 Å². The summed E-state index contributed by atoms with van der Waals surface area (Å²) < 4.78 is 13.5. The van der Waals surface area contributed by atoms with Crippen molar-refractivity contribution in [2.24, 2.45) is 0 Å². The molecule has 0 unspecified atom stereocenters. The van der Waals surface area contributed by atoms with Crippen LogP contribution in [-0.4, -0.2) is 24.0 Å². The lowest BCUT2D eigenvalue weighted by atomic mass is 9.90. The molecule has 1 amide bonds. The van der Waals surface area contributed by atoms with Gasteiger partial charge in [0.05, 0.1) is 12.1 Å².